The molecule has 1 unspecified atom stereocenters. The van der Waals surface area contributed by atoms with Crippen molar-refractivity contribution < 1.29 is 19.5 Å². The molecule has 0 saturated heterocycles. The molecule has 0 aromatic heterocycles. The number of Topliss-reactive ketones (excluding diaryl/α,β-unsaturated/α-hetero) is 1. The first-order chi connectivity index (χ1) is 16.1. The number of aromatic carboxylic acids is 1. The van der Waals surface area contributed by atoms with E-state index in [-0.39, 0.29) is 26.3 Å². The summed E-state index contributed by atoms with van der Waals surface area (Å²) in [5.74, 6) is -2.05. The van der Waals surface area contributed by atoms with E-state index in [1.165, 1.54) is 24.3 Å². The zero-order chi connectivity index (χ0) is 25.0. The van der Waals surface area contributed by atoms with E-state index in [0.717, 1.165) is 11.8 Å². The Morgan fingerprint density at radius 3 is 2.32 bits per heavy atom. The van der Waals surface area contributed by atoms with Crippen LogP contribution in [0.15, 0.2) is 52.5 Å². The van der Waals surface area contributed by atoms with Crippen molar-refractivity contribution in [1.82, 2.24) is 5.43 Å². The number of carbonyl (C=O) groups excluding carboxylic acids is 2. The number of amides is 1. The fraction of sp³-hybridized carbons (Fsp3) is 0.0952. The number of nitrogens with zero attached hydrogens (tertiary/aromatic N) is 1. The highest BCUT2D eigenvalue weighted by molar-refractivity contribution is 8.04. The van der Waals surface area contributed by atoms with Crippen LogP contribution < -0.4 is 16.1 Å². The van der Waals surface area contributed by atoms with Crippen LogP contribution in [-0.2, 0) is 9.59 Å². The lowest BCUT2D eigenvalue weighted by Gasteiger charge is -2.11. The van der Waals surface area contributed by atoms with Gasteiger partial charge in [-0.3, -0.25) is 15.0 Å². The molecule has 3 rings (SSSR count). The second kappa shape index (κ2) is 11.2. The van der Waals surface area contributed by atoms with E-state index in [0.29, 0.717) is 22.1 Å². The maximum atomic E-state index is 12.7. The number of halogens is 3. The quantitative estimate of drug-likeness (QED) is 0.165. The third-order valence-electron chi connectivity index (χ3n) is 4.42. The first-order valence-electron chi connectivity index (χ1n) is 9.37. The van der Waals surface area contributed by atoms with Gasteiger partial charge >= 0.3 is 5.97 Å². The van der Waals surface area contributed by atoms with E-state index in [2.05, 4.69) is 21.2 Å². The molecule has 1 heterocycles. The van der Waals surface area contributed by atoms with Crippen molar-refractivity contribution in [3.63, 3.8) is 0 Å². The fourth-order valence-electron chi connectivity index (χ4n) is 2.74. The Morgan fingerprint density at radius 2 is 1.68 bits per heavy atom. The molecular formula is C21H15Cl3N4O4S2. The van der Waals surface area contributed by atoms with Crippen LogP contribution in [0.5, 0.6) is 0 Å². The maximum Gasteiger partial charge on any atom is 0.337 e. The van der Waals surface area contributed by atoms with Gasteiger partial charge in [-0.05, 0) is 60.9 Å². The number of thioether (sulfide) groups is 1. The zero-order valence-electron chi connectivity index (χ0n) is 17.2. The smallest absolute Gasteiger partial charge is 0.337 e. The highest BCUT2D eigenvalue weighted by atomic mass is 35.5. The van der Waals surface area contributed by atoms with Gasteiger partial charge in [0.05, 0.1) is 26.3 Å². The first-order valence-corrected chi connectivity index (χ1v) is 11.9. The molecule has 2 aromatic rings. The highest BCUT2D eigenvalue weighted by Gasteiger charge is 2.35. The number of hydrogen-bond acceptors (Lipinski definition) is 6. The Labute approximate surface area is 218 Å². The first kappa shape index (κ1) is 26.0. The van der Waals surface area contributed by atoms with Gasteiger partial charge in [-0.2, -0.15) is 5.10 Å². The summed E-state index contributed by atoms with van der Waals surface area (Å²) < 4.78 is 0. The summed E-state index contributed by atoms with van der Waals surface area (Å²) in [6, 6.07) is 8.86. The second-order valence-electron chi connectivity index (χ2n) is 6.79. The van der Waals surface area contributed by atoms with E-state index in [9.17, 15) is 14.4 Å². The molecule has 34 heavy (non-hydrogen) atoms. The average molecular weight is 558 g/mol. The number of carboxylic acid groups (broad SMARTS) is 1. The number of ketones is 1. The van der Waals surface area contributed by atoms with Crippen molar-refractivity contribution in [3.05, 3.63) is 68.0 Å². The summed E-state index contributed by atoms with van der Waals surface area (Å²) in [7, 11) is 0. The monoisotopic (exact) mass is 556 g/mol. The van der Waals surface area contributed by atoms with E-state index in [4.69, 9.17) is 52.1 Å². The van der Waals surface area contributed by atoms with Gasteiger partial charge in [0.1, 0.15) is 0 Å². The summed E-state index contributed by atoms with van der Waals surface area (Å²) in [4.78, 5) is 36.3. The standard InChI is InChI=1S/C21H15Cl3N4O4S2/c1-9(27-28-21(33)26-11-2-4-12(20(31)32)15(23)6-11)13-8-34-18(17(13)29)19(30)25-10-3-5-14(22)16(24)7-10/h2-8,18H,1H3,(H,25,30)(H,31,32)(H2,26,28,33)/b27-9+. The molecule has 4 N–H and O–H groups in total. The van der Waals surface area contributed by atoms with Gasteiger partial charge in [0.25, 0.3) is 0 Å². The van der Waals surface area contributed by atoms with Gasteiger partial charge in [0.2, 0.25) is 5.91 Å². The van der Waals surface area contributed by atoms with Crippen molar-refractivity contribution in [2.75, 3.05) is 10.6 Å². The van der Waals surface area contributed by atoms with Gasteiger partial charge in [-0.25, -0.2) is 4.79 Å². The topological polar surface area (TPSA) is 120 Å². The Kier molecular flexibility index (Phi) is 8.56. The summed E-state index contributed by atoms with van der Waals surface area (Å²) >= 11 is 24.0. The third-order valence-corrected chi connectivity index (χ3v) is 6.74. The molecule has 0 spiro atoms. The van der Waals surface area contributed by atoms with E-state index >= 15 is 0 Å². The number of carboxylic acids is 1. The second-order valence-corrected chi connectivity index (χ2v) is 9.40. The predicted octanol–water partition coefficient (Wildman–Crippen LogP) is 5.21. The van der Waals surface area contributed by atoms with Crippen LogP contribution in [0.1, 0.15) is 17.3 Å². The van der Waals surface area contributed by atoms with E-state index < -0.39 is 22.9 Å². The van der Waals surface area contributed by atoms with Gasteiger partial charge < -0.3 is 15.7 Å². The summed E-state index contributed by atoms with van der Waals surface area (Å²) in [6.07, 6.45) is 0. The molecule has 1 aliphatic heterocycles. The van der Waals surface area contributed by atoms with Crippen LogP contribution in [0.25, 0.3) is 0 Å². The minimum atomic E-state index is -1.14. The SMILES string of the molecule is C/C(=N\NC(=S)Nc1ccc(C(=O)O)c(Cl)c1)C1=CSC(C(=O)Nc2ccc(Cl)c(Cl)c2)C1=O. The molecule has 0 fully saturated rings. The number of thiocarbonyl (C=S) groups is 1. The van der Waals surface area contributed by atoms with Crippen LogP contribution >= 0.6 is 58.8 Å². The maximum absolute atomic E-state index is 12.7. The Hall–Kier alpha value is -2.63. The largest absolute Gasteiger partial charge is 0.478 e. The normalized spacial score (nSPS) is 15.5. The van der Waals surface area contributed by atoms with Crippen molar-refractivity contribution in [1.29, 1.82) is 0 Å². The number of carbonyl (C=O) groups is 3. The van der Waals surface area contributed by atoms with E-state index in [1.54, 1.807) is 24.5 Å². The molecule has 1 amide bonds. The summed E-state index contributed by atoms with van der Waals surface area (Å²) in [5.41, 5.74) is 4.02. The van der Waals surface area contributed by atoms with Crippen molar-refractivity contribution in [2.24, 2.45) is 5.10 Å². The molecule has 13 heteroatoms. The van der Waals surface area contributed by atoms with Crippen molar-refractivity contribution in [2.45, 2.75) is 12.2 Å². The minimum absolute atomic E-state index is 0.0399. The molecule has 176 valence electrons. The number of hydrogen-bond donors (Lipinski definition) is 4. The number of nitrogens with one attached hydrogen (secondary N) is 3. The highest BCUT2D eigenvalue weighted by Crippen LogP contribution is 2.30. The summed E-state index contributed by atoms with van der Waals surface area (Å²) in [5, 5.41) is 19.9. The molecule has 0 saturated carbocycles. The Bertz CT molecular complexity index is 1270. The lowest BCUT2D eigenvalue weighted by Crippen LogP contribution is -2.32. The minimum Gasteiger partial charge on any atom is -0.478 e. The van der Waals surface area contributed by atoms with Crippen LogP contribution in [-0.4, -0.2) is 38.8 Å². The predicted molar refractivity (Wildman–Crippen MR) is 140 cm³/mol. The Balaban J connectivity index is 1.58. The molecule has 1 atom stereocenters. The van der Waals surface area contributed by atoms with Gasteiger partial charge in [0, 0.05) is 16.9 Å². The fourth-order valence-corrected chi connectivity index (χ4v) is 4.46. The van der Waals surface area contributed by atoms with Crippen molar-refractivity contribution >= 4 is 98.6 Å². The van der Waals surface area contributed by atoms with Gasteiger partial charge in [0.15, 0.2) is 16.1 Å². The van der Waals surface area contributed by atoms with Gasteiger partial charge in [-0.1, -0.05) is 34.8 Å². The third kappa shape index (κ3) is 6.28. The molecule has 2 aromatic carbocycles. The molecule has 8 nitrogen and oxygen atoms in total. The van der Waals surface area contributed by atoms with Gasteiger partial charge in [-0.15, -0.1) is 11.8 Å². The summed E-state index contributed by atoms with van der Waals surface area (Å²) in [6.45, 7) is 1.59. The lowest BCUT2D eigenvalue weighted by atomic mass is 10.1. The number of rotatable bonds is 6. The van der Waals surface area contributed by atoms with Crippen LogP contribution in [0, 0.1) is 0 Å². The van der Waals surface area contributed by atoms with Crippen molar-refractivity contribution in [3.8, 4) is 0 Å². The lowest BCUT2D eigenvalue weighted by molar-refractivity contribution is -0.122. The molecular weight excluding hydrogens is 543 g/mol. The number of anilines is 2. The molecule has 0 aliphatic carbocycles. The van der Waals surface area contributed by atoms with Crippen LogP contribution in [0.2, 0.25) is 15.1 Å². The molecule has 0 radical (unpaired) electrons. The molecule has 0 bridgehead atoms. The zero-order valence-corrected chi connectivity index (χ0v) is 21.1. The van der Waals surface area contributed by atoms with Crippen LogP contribution in [0.4, 0.5) is 11.4 Å². The number of allylic oxidation sites excluding steroid dienone is 1. The Morgan fingerprint density at radius 1 is 1.03 bits per heavy atom. The average Bonchev–Trinajstić information content (AvgIpc) is 3.16. The number of benzene rings is 2. The number of hydrazone groups is 1. The van der Waals surface area contributed by atoms with Crippen LogP contribution in [0.3, 0.4) is 0 Å². The van der Waals surface area contributed by atoms with E-state index in [1.807, 2.05) is 0 Å². The molecule has 1 aliphatic rings.